The van der Waals surface area contributed by atoms with Gasteiger partial charge in [-0.05, 0) is 25.0 Å². The first kappa shape index (κ1) is 12.5. The number of carboxylic acids is 1. The number of rotatable bonds is 5. The Labute approximate surface area is 114 Å². The Morgan fingerprint density at radius 3 is 2.90 bits per heavy atom. The number of aromatic nitrogens is 2. The average Bonchev–Trinajstić information content (AvgIpc) is 3.13. The summed E-state index contributed by atoms with van der Waals surface area (Å²) in [6.07, 6.45) is 3.65. The van der Waals surface area contributed by atoms with Crippen LogP contribution in [0.25, 0.3) is 5.65 Å². The first-order valence-corrected chi connectivity index (χ1v) is 6.39. The summed E-state index contributed by atoms with van der Waals surface area (Å²) in [6.45, 7) is 0.0145. The average molecular weight is 274 g/mol. The monoisotopic (exact) mass is 274 g/mol. The fraction of sp³-hybridized carbons (Fsp3) is 0.308. The maximum Gasteiger partial charge on any atom is 0.356 e. The number of imidazole rings is 1. The van der Waals surface area contributed by atoms with Gasteiger partial charge in [-0.2, -0.15) is 0 Å². The molecule has 2 aromatic heterocycles. The Kier molecular flexibility index (Phi) is 3.02. The quantitative estimate of drug-likeness (QED) is 0.746. The third-order valence-corrected chi connectivity index (χ3v) is 3.09. The Bertz CT molecular complexity index is 675. The van der Waals surface area contributed by atoms with E-state index in [0.717, 1.165) is 12.8 Å². The minimum absolute atomic E-state index is 0.0145. The summed E-state index contributed by atoms with van der Waals surface area (Å²) in [5.74, 6) is -1.04. The molecule has 7 heteroatoms. The molecule has 0 aliphatic heterocycles. The van der Waals surface area contributed by atoms with Crippen molar-refractivity contribution in [2.75, 3.05) is 11.9 Å². The van der Waals surface area contributed by atoms with E-state index in [1.807, 2.05) is 0 Å². The summed E-state index contributed by atoms with van der Waals surface area (Å²) in [5.41, 5.74) is 0.551. The second kappa shape index (κ2) is 4.84. The smallest absolute Gasteiger partial charge is 0.356 e. The lowest BCUT2D eigenvalue weighted by Crippen LogP contribution is -2.31. The number of pyridine rings is 1. The van der Waals surface area contributed by atoms with E-state index in [9.17, 15) is 14.7 Å². The standard InChI is InChI=1S/C13H14N4O3/c18-10(15-8-4-5-8)7-14-12-11(13(19)20)17-6-2-1-3-9(17)16-12/h1-3,6,8,14H,4-5,7H2,(H,15,18)(H,19,20). The largest absolute Gasteiger partial charge is 0.476 e. The summed E-state index contributed by atoms with van der Waals surface area (Å²) >= 11 is 0. The molecule has 0 bridgehead atoms. The van der Waals surface area contributed by atoms with Crippen molar-refractivity contribution < 1.29 is 14.7 Å². The lowest BCUT2D eigenvalue weighted by Gasteiger charge is -2.05. The molecule has 0 radical (unpaired) electrons. The predicted molar refractivity (Wildman–Crippen MR) is 71.8 cm³/mol. The van der Waals surface area contributed by atoms with Crippen molar-refractivity contribution in [3.63, 3.8) is 0 Å². The minimum Gasteiger partial charge on any atom is -0.476 e. The highest BCUT2D eigenvalue weighted by Gasteiger charge is 2.24. The van der Waals surface area contributed by atoms with Crippen molar-refractivity contribution in [1.82, 2.24) is 14.7 Å². The van der Waals surface area contributed by atoms with Gasteiger partial charge in [-0.1, -0.05) is 6.07 Å². The van der Waals surface area contributed by atoms with E-state index in [-0.39, 0.29) is 30.0 Å². The topological polar surface area (TPSA) is 95.7 Å². The molecule has 104 valence electrons. The molecule has 0 atom stereocenters. The molecule has 3 rings (SSSR count). The van der Waals surface area contributed by atoms with E-state index in [2.05, 4.69) is 15.6 Å². The van der Waals surface area contributed by atoms with Crippen molar-refractivity contribution in [1.29, 1.82) is 0 Å². The summed E-state index contributed by atoms with van der Waals surface area (Å²) in [4.78, 5) is 27.1. The Balaban J connectivity index is 1.80. The number of aromatic carboxylic acids is 1. The highest BCUT2D eigenvalue weighted by atomic mass is 16.4. The van der Waals surface area contributed by atoms with Crippen LogP contribution in [0.3, 0.4) is 0 Å². The van der Waals surface area contributed by atoms with Gasteiger partial charge in [0, 0.05) is 12.2 Å². The molecule has 0 unspecified atom stereocenters. The van der Waals surface area contributed by atoms with Crippen LogP contribution in [0, 0.1) is 0 Å². The van der Waals surface area contributed by atoms with Gasteiger partial charge in [-0.3, -0.25) is 9.20 Å². The third-order valence-electron chi connectivity index (χ3n) is 3.09. The zero-order chi connectivity index (χ0) is 14.1. The summed E-state index contributed by atoms with van der Waals surface area (Å²) < 4.78 is 1.48. The molecule has 2 aromatic rings. The number of hydrogen-bond donors (Lipinski definition) is 3. The van der Waals surface area contributed by atoms with Crippen LogP contribution in [-0.2, 0) is 4.79 Å². The molecule has 1 amide bonds. The van der Waals surface area contributed by atoms with E-state index in [4.69, 9.17) is 0 Å². The second-order valence-electron chi connectivity index (χ2n) is 4.74. The molecule has 1 aliphatic rings. The Morgan fingerprint density at radius 1 is 1.40 bits per heavy atom. The molecule has 1 aliphatic carbocycles. The molecular formula is C13H14N4O3. The zero-order valence-corrected chi connectivity index (χ0v) is 10.7. The van der Waals surface area contributed by atoms with E-state index < -0.39 is 5.97 Å². The van der Waals surface area contributed by atoms with Crippen LogP contribution in [0.15, 0.2) is 24.4 Å². The highest BCUT2D eigenvalue weighted by molar-refractivity contribution is 5.93. The van der Waals surface area contributed by atoms with Gasteiger partial charge in [0.05, 0.1) is 6.54 Å². The maximum atomic E-state index is 11.6. The molecule has 20 heavy (non-hydrogen) atoms. The number of hydrogen-bond acceptors (Lipinski definition) is 4. The van der Waals surface area contributed by atoms with Gasteiger partial charge in [0.25, 0.3) is 0 Å². The molecule has 1 saturated carbocycles. The lowest BCUT2D eigenvalue weighted by molar-refractivity contribution is -0.119. The summed E-state index contributed by atoms with van der Waals surface area (Å²) in [7, 11) is 0. The molecule has 3 N–H and O–H groups in total. The van der Waals surface area contributed by atoms with Crippen LogP contribution in [0.2, 0.25) is 0 Å². The van der Waals surface area contributed by atoms with Gasteiger partial charge < -0.3 is 15.7 Å². The maximum absolute atomic E-state index is 11.6. The number of carboxylic acid groups (broad SMARTS) is 1. The van der Waals surface area contributed by atoms with E-state index in [0.29, 0.717) is 5.65 Å². The SMILES string of the molecule is O=C(CNc1nc2ccccn2c1C(=O)O)NC1CC1. The molecule has 2 heterocycles. The molecule has 7 nitrogen and oxygen atoms in total. The number of nitrogens with one attached hydrogen (secondary N) is 2. The van der Waals surface area contributed by atoms with Crippen LogP contribution in [0.5, 0.6) is 0 Å². The van der Waals surface area contributed by atoms with E-state index in [1.54, 1.807) is 24.4 Å². The van der Waals surface area contributed by atoms with Gasteiger partial charge >= 0.3 is 5.97 Å². The molecule has 0 saturated heterocycles. The van der Waals surface area contributed by atoms with Crippen LogP contribution in [0.1, 0.15) is 23.3 Å². The molecular weight excluding hydrogens is 260 g/mol. The lowest BCUT2D eigenvalue weighted by atomic mass is 10.4. The van der Waals surface area contributed by atoms with Gasteiger partial charge in [0.1, 0.15) is 5.65 Å². The van der Waals surface area contributed by atoms with Gasteiger partial charge in [-0.25, -0.2) is 9.78 Å². The zero-order valence-electron chi connectivity index (χ0n) is 10.7. The fourth-order valence-corrected chi connectivity index (χ4v) is 1.99. The second-order valence-corrected chi connectivity index (χ2v) is 4.74. The first-order valence-electron chi connectivity index (χ1n) is 6.39. The minimum atomic E-state index is -1.09. The summed E-state index contributed by atoms with van der Waals surface area (Å²) in [6, 6.07) is 5.49. The highest BCUT2D eigenvalue weighted by Crippen LogP contribution is 2.19. The number of carbonyl (C=O) groups excluding carboxylic acids is 1. The van der Waals surface area contributed by atoms with Crippen molar-refractivity contribution in [2.45, 2.75) is 18.9 Å². The summed E-state index contributed by atoms with van der Waals surface area (Å²) in [5, 5.41) is 14.9. The number of carbonyl (C=O) groups is 2. The van der Waals surface area contributed by atoms with Gasteiger partial charge in [0.2, 0.25) is 5.91 Å². The third kappa shape index (κ3) is 2.42. The van der Waals surface area contributed by atoms with Gasteiger partial charge in [-0.15, -0.1) is 0 Å². The van der Waals surface area contributed by atoms with Crippen molar-refractivity contribution in [2.24, 2.45) is 0 Å². The predicted octanol–water partition coefficient (Wildman–Crippen LogP) is 0.723. The van der Waals surface area contributed by atoms with Crippen molar-refractivity contribution >= 4 is 23.3 Å². The normalized spacial score (nSPS) is 14.2. The molecule has 0 spiro atoms. The molecule has 1 fully saturated rings. The number of anilines is 1. The van der Waals surface area contributed by atoms with E-state index >= 15 is 0 Å². The number of fused-ring (bicyclic) bond motifs is 1. The van der Waals surface area contributed by atoms with Crippen molar-refractivity contribution in [3.8, 4) is 0 Å². The first-order chi connectivity index (χ1) is 9.65. The number of nitrogens with zero attached hydrogens (tertiary/aromatic N) is 2. The molecule has 0 aromatic carbocycles. The van der Waals surface area contributed by atoms with Crippen LogP contribution in [0.4, 0.5) is 5.82 Å². The van der Waals surface area contributed by atoms with Gasteiger partial charge in [0.15, 0.2) is 11.5 Å². The van der Waals surface area contributed by atoms with Crippen LogP contribution >= 0.6 is 0 Å². The Hall–Kier alpha value is -2.57. The Morgan fingerprint density at radius 2 is 2.20 bits per heavy atom. The van der Waals surface area contributed by atoms with Crippen LogP contribution in [-0.4, -0.2) is 39.0 Å². The van der Waals surface area contributed by atoms with Crippen molar-refractivity contribution in [3.05, 3.63) is 30.1 Å². The van der Waals surface area contributed by atoms with Crippen LogP contribution < -0.4 is 10.6 Å². The van der Waals surface area contributed by atoms with E-state index in [1.165, 1.54) is 4.40 Å². The fourth-order valence-electron chi connectivity index (χ4n) is 1.99. The number of amides is 1.